The van der Waals surface area contributed by atoms with E-state index in [1.807, 2.05) is 0 Å². The quantitative estimate of drug-likeness (QED) is 0.360. The lowest BCUT2D eigenvalue weighted by atomic mass is 9.90. The van der Waals surface area contributed by atoms with Crippen molar-refractivity contribution in [3.05, 3.63) is 59.7 Å². The number of amides is 2. The predicted octanol–water partition coefficient (Wildman–Crippen LogP) is 2.77. The Morgan fingerprint density at radius 1 is 1.37 bits per heavy atom. The number of ether oxygens (including phenoxy) is 1. The van der Waals surface area contributed by atoms with Gasteiger partial charge in [-0.15, -0.1) is 6.42 Å². The normalized spacial score (nSPS) is 29.9. The average Bonchev–Trinajstić information content (AvgIpc) is 3.72. The number of aliphatic imine (C=N–C) groups is 1. The van der Waals surface area contributed by atoms with Gasteiger partial charge >= 0.3 is 6.18 Å². The number of hydrogen-bond acceptors (Lipinski definition) is 7. The average molecular weight is 574 g/mol. The van der Waals surface area contributed by atoms with Crippen molar-refractivity contribution in [1.29, 1.82) is 0 Å². The van der Waals surface area contributed by atoms with Crippen LogP contribution in [0.2, 0.25) is 0 Å². The summed E-state index contributed by atoms with van der Waals surface area (Å²) in [4.78, 5) is 36.2. The molecule has 216 valence electrons. The summed E-state index contributed by atoms with van der Waals surface area (Å²) in [6.45, 7) is 1.76. The number of aliphatic hydroxyl groups excluding tert-OH is 1. The second-order valence-electron chi connectivity index (χ2n) is 10.4. The SMILES string of the molecule is C#C[C@@]1(CC)CC(=O)N(C(c2cncc(F)c2)[C@@H]2C[C@H]2C(=O)NC2c3ccccc3OC(C(F)(F)F)C2O)C(N)=N1. The molecule has 3 heterocycles. The zero-order valence-corrected chi connectivity index (χ0v) is 21.8. The molecule has 2 amide bonds. The molecular formula is C28H27F4N5O4. The Balaban J connectivity index is 1.44. The fourth-order valence-corrected chi connectivity index (χ4v) is 5.60. The van der Waals surface area contributed by atoms with E-state index in [-0.39, 0.29) is 35.7 Å². The fraction of sp³-hybridized carbons (Fsp3) is 0.429. The minimum Gasteiger partial charge on any atom is -0.478 e. The summed E-state index contributed by atoms with van der Waals surface area (Å²) in [6.07, 6.45) is -1.23. The molecule has 3 aliphatic rings. The Labute approximate surface area is 232 Å². The highest BCUT2D eigenvalue weighted by molar-refractivity contribution is 6.00. The number of rotatable bonds is 6. The number of halogens is 4. The summed E-state index contributed by atoms with van der Waals surface area (Å²) < 4.78 is 60.1. The maximum atomic E-state index is 14.2. The van der Waals surface area contributed by atoms with Gasteiger partial charge in [0.05, 0.1) is 24.7 Å². The molecule has 1 fully saturated rings. The molecule has 4 N–H and O–H groups in total. The van der Waals surface area contributed by atoms with Gasteiger partial charge in [0.25, 0.3) is 0 Å². The van der Waals surface area contributed by atoms with Crippen molar-refractivity contribution < 1.29 is 37.0 Å². The Bertz CT molecular complexity index is 1440. The number of fused-ring (bicyclic) bond motifs is 1. The Morgan fingerprint density at radius 2 is 2.10 bits per heavy atom. The number of carbonyl (C=O) groups is 2. The van der Waals surface area contributed by atoms with Crippen LogP contribution in [-0.4, -0.2) is 56.7 Å². The van der Waals surface area contributed by atoms with Crippen LogP contribution < -0.4 is 15.8 Å². The molecule has 0 spiro atoms. The molecule has 2 aliphatic heterocycles. The molecule has 1 saturated carbocycles. The number of alkyl halides is 3. The van der Waals surface area contributed by atoms with Gasteiger partial charge in [0.15, 0.2) is 5.96 Å². The highest BCUT2D eigenvalue weighted by Crippen LogP contribution is 2.52. The number of benzene rings is 1. The molecule has 0 radical (unpaired) electrons. The van der Waals surface area contributed by atoms with Crippen molar-refractivity contribution in [2.75, 3.05) is 0 Å². The molecule has 1 aliphatic carbocycles. The van der Waals surface area contributed by atoms with E-state index in [0.717, 1.165) is 6.20 Å². The van der Waals surface area contributed by atoms with Gasteiger partial charge in [-0.3, -0.25) is 19.5 Å². The predicted molar refractivity (Wildman–Crippen MR) is 137 cm³/mol. The molecule has 2 aromatic rings. The maximum absolute atomic E-state index is 14.2. The van der Waals surface area contributed by atoms with Gasteiger partial charge in [0, 0.05) is 17.7 Å². The monoisotopic (exact) mass is 573 g/mol. The van der Waals surface area contributed by atoms with E-state index in [0.29, 0.717) is 6.42 Å². The van der Waals surface area contributed by atoms with Crippen LogP contribution in [0.15, 0.2) is 47.7 Å². The summed E-state index contributed by atoms with van der Waals surface area (Å²) in [5.74, 6) is -1.01. The Hall–Kier alpha value is -4.18. The molecule has 13 heteroatoms. The van der Waals surface area contributed by atoms with Crippen LogP contribution in [0.3, 0.4) is 0 Å². The third-order valence-electron chi connectivity index (χ3n) is 7.85. The van der Waals surface area contributed by atoms with Crippen molar-refractivity contribution in [2.45, 2.75) is 62.2 Å². The van der Waals surface area contributed by atoms with Crippen LogP contribution in [0, 0.1) is 30.0 Å². The summed E-state index contributed by atoms with van der Waals surface area (Å²) in [6, 6.07) is 4.60. The standard InChI is InChI=1S/C28H27F4N5O4/c1-3-27(4-2)11-20(38)37(26(33)36-27)22(14-9-15(29)13-34-12-14)17-10-18(17)25(40)35-21-16-7-5-6-8-19(16)41-24(23(21)39)28(30,31)32/h1,5-9,12-13,17-18,21-24,39H,4,10-11H2,2H3,(H2,33,36)(H,35,40)/t17-,18-,21?,22?,23?,24?,27-/m1/s1. The number of nitrogens with one attached hydrogen (secondary N) is 1. The summed E-state index contributed by atoms with van der Waals surface area (Å²) in [5.41, 5.74) is 5.54. The van der Waals surface area contributed by atoms with Crippen LogP contribution in [-0.2, 0) is 9.59 Å². The van der Waals surface area contributed by atoms with Crippen LogP contribution >= 0.6 is 0 Å². The molecule has 7 atom stereocenters. The van der Waals surface area contributed by atoms with Crippen LogP contribution in [0.25, 0.3) is 0 Å². The number of nitrogens with two attached hydrogens (primary N) is 1. The van der Waals surface area contributed by atoms with Gasteiger partial charge in [0.2, 0.25) is 17.9 Å². The molecule has 1 aromatic heterocycles. The largest absolute Gasteiger partial charge is 0.478 e. The van der Waals surface area contributed by atoms with Crippen LogP contribution in [0.5, 0.6) is 5.75 Å². The zero-order valence-electron chi connectivity index (χ0n) is 21.8. The lowest BCUT2D eigenvalue weighted by molar-refractivity contribution is -0.229. The van der Waals surface area contributed by atoms with E-state index in [2.05, 4.69) is 21.2 Å². The highest BCUT2D eigenvalue weighted by Gasteiger charge is 2.56. The number of hydrogen-bond donors (Lipinski definition) is 3. The smallest absolute Gasteiger partial charge is 0.428 e. The summed E-state index contributed by atoms with van der Waals surface area (Å²) in [5, 5.41) is 13.1. The number of pyridine rings is 1. The van der Waals surface area contributed by atoms with Gasteiger partial charge in [-0.25, -0.2) is 9.38 Å². The van der Waals surface area contributed by atoms with Gasteiger partial charge in [-0.1, -0.05) is 31.0 Å². The molecular weight excluding hydrogens is 546 g/mol. The van der Waals surface area contributed by atoms with E-state index in [4.69, 9.17) is 16.9 Å². The van der Waals surface area contributed by atoms with Crippen molar-refractivity contribution >= 4 is 17.8 Å². The number of guanidine groups is 1. The second kappa shape index (κ2) is 10.3. The molecule has 0 bridgehead atoms. The molecule has 9 nitrogen and oxygen atoms in total. The van der Waals surface area contributed by atoms with E-state index in [1.165, 1.54) is 35.4 Å². The topological polar surface area (TPSA) is 130 Å². The van der Waals surface area contributed by atoms with E-state index >= 15 is 0 Å². The molecule has 1 aromatic carbocycles. The lowest BCUT2D eigenvalue weighted by Crippen LogP contribution is -2.54. The molecule has 0 saturated heterocycles. The number of carbonyl (C=O) groups excluding carboxylic acids is 2. The van der Waals surface area contributed by atoms with Gasteiger partial charge in [0.1, 0.15) is 23.2 Å². The van der Waals surface area contributed by atoms with E-state index in [9.17, 15) is 32.3 Å². The summed E-state index contributed by atoms with van der Waals surface area (Å²) >= 11 is 0. The number of aliphatic hydroxyl groups is 1. The molecule has 4 unspecified atom stereocenters. The Morgan fingerprint density at radius 3 is 2.73 bits per heavy atom. The van der Waals surface area contributed by atoms with Crippen LogP contribution in [0.1, 0.15) is 49.4 Å². The number of nitrogens with zero attached hydrogens (tertiary/aromatic N) is 3. The first-order valence-electron chi connectivity index (χ1n) is 13.0. The summed E-state index contributed by atoms with van der Waals surface area (Å²) in [7, 11) is 0. The Kier molecular flexibility index (Phi) is 7.15. The maximum Gasteiger partial charge on any atom is 0.428 e. The van der Waals surface area contributed by atoms with Crippen molar-refractivity contribution in [3.8, 4) is 18.1 Å². The van der Waals surface area contributed by atoms with E-state index < -0.39 is 65.5 Å². The van der Waals surface area contributed by atoms with Gasteiger partial charge < -0.3 is 20.9 Å². The minimum atomic E-state index is -4.90. The second-order valence-corrected chi connectivity index (χ2v) is 10.4. The first kappa shape index (κ1) is 28.4. The highest BCUT2D eigenvalue weighted by atomic mass is 19.4. The zero-order chi connectivity index (χ0) is 29.7. The third-order valence-corrected chi connectivity index (χ3v) is 7.85. The third kappa shape index (κ3) is 5.19. The van der Waals surface area contributed by atoms with Crippen molar-refractivity contribution in [1.82, 2.24) is 15.2 Å². The molecule has 5 rings (SSSR count). The number of para-hydroxylation sites is 1. The van der Waals surface area contributed by atoms with Gasteiger partial charge in [-0.2, -0.15) is 13.2 Å². The molecule has 41 heavy (non-hydrogen) atoms. The van der Waals surface area contributed by atoms with Crippen molar-refractivity contribution in [3.63, 3.8) is 0 Å². The van der Waals surface area contributed by atoms with Crippen molar-refractivity contribution in [2.24, 2.45) is 22.6 Å². The first-order valence-corrected chi connectivity index (χ1v) is 13.0. The first-order chi connectivity index (χ1) is 19.4. The lowest BCUT2D eigenvalue weighted by Gasteiger charge is -2.39. The fourth-order valence-electron chi connectivity index (χ4n) is 5.60. The van der Waals surface area contributed by atoms with E-state index in [1.54, 1.807) is 13.0 Å². The number of terminal acetylenes is 1. The minimum absolute atomic E-state index is 0.114. The van der Waals surface area contributed by atoms with Gasteiger partial charge in [-0.05, 0) is 36.5 Å². The van der Waals surface area contributed by atoms with Crippen LogP contribution in [0.4, 0.5) is 17.6 Å². The number of aromatic nitrogens is 1.